The van der Waals surface area contributed by atoms with E-state index in [2.05, 4.69) is 6.92 Å². The number of hydrogen-bond acceptors (Lipinski definition) is 0. The van der Waals surface area contributed by atoms with Crippen molar-refractivity contribution in [3.63, 3.8) is 0 Å². The van der Waals surface area contributed by atoms with Gasteiger partial charge in [-0.05, 0) is 84.2 Å². The average molecular weight is 421 g/mol. The van der Waals surface area contributed by atoms with E-state index in [1.807, 2.05) is 12.1 Å². The quantitative estimate of drug-likeness (QED) is 0.335. The molecule has 0 bridgehead atoms. The highest BCUT2D eigenvalue weighted by molar-refractivity contribution is 5.84. The molecule has 2 aliphatic carbocycles. The smallest absolute Gasteiger partial charge is 0.206 e. The van der Waals surface area contributed by atoms with E-state index in [4.69, 9.17) is 0 Å². The normalized spacial score (nSPS) is 27.2. The summed E-state index contributed by atoms with van der Waals surface area (Å²) in [5.74, 6) is 1.77. The van der Waals surface area contributed by atoms with Gasteiger partial charge in [0.1, 0.15) is 5.82 Å². The second-order valence-electron chi connectivity index (χ2n) is 9.64. The molecule has 2 fully saturated rings. The number of rotatable bonds is 5. The molecule has 4 unspecified atom stereocenters. The van der Waals surface area contributed by atoms with Crippen LogP contribution in [-0.2, 0) is 6.18 Å². The number of alkyl halides is 3. The lowest BCUT2D eigenvalue weighted by Crippen LogP contribution is -2.30. The van der Waals surface area contributed by atoms with Gasteiger partial charge >= 0.3 is 6.18 Å². The Morgan fingerprint density at radius 1 is 0.867 bits per heavy atom. The van der Waals surface area contributed by atoms with Crippen LogP contribution in [0.2, 0.25) is 0 Å². The lowest BCUT2D eigenvalue weighted by Gasteiger charge is -2.42. The van der Waals surface area contributed by atoms with Crippen molar-refractivity contribution < 1.29 is 17.6 Å². The van der Waals surface area contributed by atoms with Crippen molar-refractivity contribution >= 4 is 10.8 Å². The van der Waals surface area contributed by atoms with Crippen LogP contribution in [0.3, 0.4) is 0 Å². The maximum Gasteiger partial charge on any atom is 0.419 e. The third-order valence-electron chi connectivity index (χ3n) is 7.66. The van der Waals surface area contributed by atoms with Crippen LogP contribution in [0.5, 0.6) is 0 Å². The Bertz CT molecular complexity index is 869. The van der Waals surface area contributed by atoms with Gasteiger partial charge < -0.3 is 0 Å². The van der Waals surface area contributed by atoms with E-state index in [0.717, 1.165) is 41.9 Å². The SMILES string of the molecule is CCCCCC1CCC2CC(c3ccc4cc(C(F)(F)F)c(F)cc4c3)CCC2C1. The summed E-state index contributed by atoms with van der Waals surface area (Å²) < 4.78 is 53.0. The van der Waals surface area contributed by atoms with Crippen LogP contribution < -0.4 is 0 Å². The van der Waals surface area contributed by atoms with E-state index in [-0.39, 0.29) is 0 Å². The van der Waals surface area contributed by atoms with Crippen molar-refractivity contribution in [3.8, 4) is 0 Å². The minimum atomic E-state index is -4.66. The Labute approximate surface area is 177 Å². The Morgan fingerprint density at radius 3 is 2.40 bits per heavy atom. The highest BCUT2D eigenvalue weighted by Gasteiger charge is 2.36. The lowest BCUT2D eigenvalue weighted by atomic mass is 9.63. The highest BCUT2D eigenvalue weighted by atomic mass is 19.4. The monoisotopic (exact) mass is 420 g/mol. The molecule has 2 saturated carbocycles. The fourth-order valence-corrected chi connectivity index (χ4v) is 5.99. The molecule has 30 heavy (non-hydrogen) atoms. The predicted octanol–water partition coefficient (Wildman–Crippen LogP) is 8.88. The fourth-order valence-electron chi connectivity index (χ4n) is 5.99. The topological polar surface area (TPSA) is 0 Å². The van der Waals surface area contributed by atoms with Gasteiger partial charge in [0, 0.05) is 0 Å². The van der Waals surface area contributed by atoms with Gasteiger partial charge in [0.05, 0.1) is 5.56 Å². The zero-order valence-corrected chi connectivity index (χ0v) is 17.8. The molecule has 2 aliphatic rings. The van der Waals surface area contributed by atoms with Gasteiger partial charge in [-0.2, -0.15) is 13.2 Å². The van der Waals surface area contributed by atoms with E-state index in [9.17, 15) is 17.6 Å². The van der Waals surface area contributed by atoms with Gasteiger partial charge in [0.2, 0.25) is 0 Å². The number of hydrogen-bond donors (Lipinski definition) is 0. The van der Waals surface area contributed by atoms with Crippen LogP contribution in [0.25, 0.3) is 10.8 Å². The molecule has 0 N–H and O–H groups in total. The van der Waals surface area contributed by atoms with Crippen molar-refractivity contribution in [3.05, 3.63) is 47.3 Å². The van der Waals surface area contributed by atoms with Crippen molar-refractivity contribution in [2.24, 2.45) is 17.8 Å². The van der Waals surface area contributed by atoms with Crippen molar-refractivity contribution in [1.29, 1.82) is 0 Å². The molecular formula is C26H32F4. The first-order valence-electron chi connectivity index (χ1n) is 11.7. The molecule has 0 heterocycles. The molecule has 2 aromatic rings. The molecular weight excluding hydrogens is 388 g/mol. The van der Waals surface area contributed by atoms with E-state index >= 15 is 0 Å². The molecule has 0 aliphatic heterocycles. The molecule has 0 spiro atoms. The molecule has 4 rings (SSSR count). The Kier molecular flexibility index (Phi) is 6.41. The summed E-state index contributed by atoms with van der Waals surface area (Å²) >= 11 is 0. The molecule has 0 radical (unpaired) electrons. The first-order chi connectivity index (χ1) is 14.3. The average Bonchev–Trinajstić information content (AvgIpc) is 2.72. The summed E-state index contributed by atoms with van der Waals surface area (Å²) in [7, 11) is 0. The summed E-state index contributed by atoms with van der Waals surface area (Å²) in [6, 6.07) is 7.59. The highest BCUT2D eigenvalue weighted by Crippen LogP contribution is 2.48. The molecule has 0 nitrogen and oxygen atoms in total. The molecule has 2 aromatic carbocycles. The van der Waals surface area contributed by atoms with Gasteiger partial charge in [0.25, 0.3) is 0 Å². The molecule has 164 valence electrons. The minimum absolute atomic E-state index is 0.442. The van der Waals surface area contributed by atoms with E-state index in [1.54, 1.807) is 6.07 Å². The number of fused-ring (bicyclic) bond motifs is 2. The predicted molar refractivity (Wildman–Crippen MR) is 114 cm³/mol. The number of unbranched alkanes of at least 4 members (excludes halogenated alkanes) is 2. The van der Waals surface area contributed by atoms with Crippen molar-refractivity contribution in [1.82, 2.24) is 0 Å². The van der Waals surface area contributed by atoms with Crippen LogP contribution in [0.4, 0.5) is 17.6 Å². The summed E-state index contributed by atoms with van der Waals surface area (Å²) in [4.78, 5) is 0. The first kappa shape index (κ1) is 21.6. The van der Waals surface area contributed by atoms with E-state index < -0.39 is 17.6 Å². The Hall–Kier alpha value is -1.58. The largest absolute Gasteiger partial charge is 0.419 e. The summed E-state index contributed by atoms with van der Waals surface area (Å²) in [6.45, 7) is 2.26. The number of benzene rings is 2. The number of halogens is 4. The molecule has 0 aromatic heterocycles. The van der Waals surface area contributed by atoms with Gasteiger partial charge in [-0.25, -0.2) is 4.39 Å². The zero-order valence-electron chi connectivity index (χ0n) is 17.8. The van der Waals surface area contributed by atoms with Gasteiger partial charge in [-0.3, -0.25) is 0 Å². The van der Waals surface area contributed by atoms with Crippen LogP contribution >= 0.6 is 0 Å². The Morgan fingerprint density at radius 2 is 1.63 bits per heavy atom. The fraction of sp³-hybridized carbons (Fsp3) is 0.615. The van der Waals surface area contributed by atoms with E-state index in [1.165, 1.54) is 57.8 Å². The second kappa shape index (κ2) is 8.88. The standard InChI is InChI=1S/C26H32F4/c1-2-3-4-5-17-6-7-19-13-20(9-8-18(19)12-17)21-10-11-22-15-24(26(28,29)30)25(27)16-23(22)14-21/h10-11,14-20H,2-9,12-13H2,1H3. The van der Waals surface area contributed by atoms with Gasteiger partial charge in [-0.1, -0.05) is 57.2 Å². The summed E-state index contributed by atoms with van der Waals surface area (Å²) in [6.07, 6.45) is 8.32. The van der Waals surface area contributed by atoms with Crippen molar-refractivity contribution in [2.75, 3.05) is 0 Å². The third-order valence-corrected chi connectivity index (χ3v) is 7.66. The molecule has 4 atom stereocenters. The first-order valence-corrected chi connectivity index (χ1v) is 11.7. The van der Waals surface area contributed by atoms with Gasteiger partial charge in [0.15, 0.2) is 0 Å². The summed E-state index contributed by atoms with van der Waals surface area (Å²) in [5, 5.41) is 1.02. The Balaban J connectivity index is 1.44. The third kappa shape index (κ3) is 4.68. The zero-order chi connectivity index (χ0) is 21.3. The molecule has 0 saturated heterocycles. The second-order valence-corrected chi connectivity index (χ2v) is 9.64. The maximum absolute atomic E-state index is 14.0. The van der Waals surface area contributed by atoms with Gasteiger partial charge in [-0.15, -0.1) is 0 Å². The maximum atomic E-state index is 14.0. The minimum Gasteiger partial charge on any atom is -0.206 e. The summed E-state index contributed by atoms with van der Waals surface area (Å²) in [5.41, 5.74) is -0.0240. The van der Waals surface area contributed by atoms with Crippen LogP contribution in [-0.4, -0.2) is 0 Å². The lowest BCUT2D eigenvalue weighted by molar-refractivity contribution is -0.139. The van der Waals surface area contributed by atoms with Crippen LogP contribution in [0.1, 0.15) is 88.2 Å². The van der Waals surface area contributed by atoms with Crippen LogP contribution in [0, 0.1) is 23.6 Å². The van der Waals surface area contributed by atoms with Crippen LogP contribution in [0.15, 0.2) is 30.3 Å². The van der Waals surface area contributed by atoms with E-state index in [0.29, 0.717) is 16.7 Å². The molecule has 4 heteroatoms. The molecule has 0 amide bonds. The van der Waals surface area contributed by atoms with Crippen molar-refractivity contribution in [2.45, 2.75) is 83.2 Å².